The molecule has 1 aromatic heterocycles. The Morgan fingerprint density at radius 1 is 1.15 bits per heavy atom. The van der Waals surface area contributed by atoms with Crippen LogP contribution in [0.4, 0.5) is 11.5 Å². The van der Waals surface area contributed by atoms with Crippen LogP contribution in [0.25, 0.3) is 0 Å². The molecule has 2 fully saturated rings. The molecule has 1 aliphatic heterocycles. The number of carboxylic acid groups (broad SMARTS) is 1. The first-order chi connectivity index (χ1) is 16.3. The lowest BCUT2D eigenvalue weighted by atomic mass is 9.68. The van der Waals surface area contributed by atoms with Crippen LogP contribution in [0.15, 0.2) is 57.9 Å². The number of nitrogens with zero attached hydrogens (tertiary/aromatic N) is 1. The van der Waals surface area contributed by atoms with Gasteiger partial charge < -0.3 is 14.9 Å². The molecule has 9 heteroatoms. The summed E-state index contributed by atoms with van der Waals surface area (Å²) in [6, 6.07) is 13.9. The number of rotatable bonds is 5. The van der Waals surface area contributed by atoms with Crippen LogP contribution in [-0.2, 0) is 10.0 Å². The maximum atomic E-state index is 13.1. The van der Waals surface area contributed by atoms with Crippen molar-refractivity contribution in [1.29, 1.82) is 0 Å². The minimum atomic E-state index is -3.82. The third kappa shape index (κ3) is 3.37. The molecular formula is C25H25N3O5S. The number of anilines is 2. The van der Waals surface area contributed by atoms with Gasteiger partial charge in [-0.3, -0.25) is 4.72 Å². The molecule has 2 aromatic carbocycles. The van der Waals surface area contributed by atoms with Gasteiger partial charge in [-0.25, -0.2) is 13.2 Å². The van der Waals surface area contributed by atoms with E-state index in [4.69, 9.17) is 4.52 Å². The molecule has 8 nitrogen and oxygen atoms in total. The maximum Gasteiger partial charge on any atom is 0.335 e. The van der Waals surface area contributed by atoms with Crippen molar-refractivity contribution in [3.63, 3.8) is 0 Å². The standard InChI is InChI=1S/C25H25N3O5S/c1-13-9-21(27-33-13)28-34(31,32)18-7-8-20-19(12-18)22-14-5-6-15(10-14)23(22)24(26-20)16-3-2-4-17(11-16)25(29)30/h2-4,7-9,11-12,14-15,22-24,26H,5-6,10H2,1H3,(H,27,28)(H,29,30)/t14-,15-,22-,23+,24+/m0/s1. The number of benzene rings is 2. The van der Waals surface area contributed by atoms with E-state index < -0.39 is 16.0 Å². The molecule has 0 saturated heterocycles. The Kier molecular flexibility index (Phi) is 4.74. The molecule has 2 saturated carbocycles. The number of aryl methyl sites for hydroxylation is 1. The molecule has 0 spiro atoms. The van der Waals surface area contributed by atoms with Crippen LogP contribution in [0.3, 0.4) is 0 Å². The number of hydrogen-bond donors (Lipinski definition) is 3. The average Bonchev–Trinajstić information content (AvgIpc) is 3.55. The van der Waals surface area contributed by atoms with Gasteiger partial charge in [-0.15, -0.1) is 0 Å². The number of aromatic carboxylic acids is 1. The molecule has 176 valence electrons. The summed E-state index contributed by atoms with van der Waals surface area (Å²) in [7, 11) is -3.82. The van der Waals surface area contributed by atoms with Gasteiger partial charge in [0.25, 0.3) is 10.0 Å². The van der Waals surface area contributed by atoms with Gasteiger partial charge in [-0.05, 0) is 91.3 Å². The van der Waals surface area contributed by atoms with Crippen LogP contribution < -0.4 is 10.0 Å². The zero-order chi connectivity index (χ0) is 23.6. The van der Waals surface area contributed by atoms with E-state index in [-0.39, 0.29) is 28.2 Å². The van der Waals surface area contributed by atoms with E-state index >= 15 is 0 Å². The number of nitrogens with one attached hydrogen (secondary N) is 2. The highest BCUT2D eigenvalue weighted by molar-refractivity contribution is 7.92. The highest BCUT2D eigenvalue weighted by Crippen LogP contribution is 2.63. The van der Waals surface area contributed by atoms with Gasteiger partial charge in [-0.1, -0.05) is 17.3 Å². The normalized spacial score (nSPS) is 27.0. The van der Waals surface area contributed by atoms with Gasteiger partial charge in [-0.2, -0.15) is 0 Å². The van der Waals surface area contributed by atoms with E-state index in [2.05, 4.69) is 15.2 Å². The van der Waals surface area contributed by atoms with Crippen molar-refractivity contribution in [2.75, 3.05) is 10.0 Å². The summed E-state index contributed by atoms with van der Waals surface area (Å²) in [5.41, 5.74) is 3.19. The number of carboxylic acids is 1. The molecule has 3 aromatic rings. The Balaban J connectivity index is 1.39. The molecular weight excluding hydrogens is 454 g/mol. The van der Waals surface area contributed by atoms with Crippen molar-refractivity contribution in [1.82, 2.24) is 5.16 Å². The number of fused-ring (bicyclic) bond motifs is 7. The lowest BCUT2D eigenvalue weighted by molar-refractivity contribution is 0.0696. The zero-order valence-electron chi connectivity index (χ0n) is 18.6. The fourth-order valence-electron chi connectivity index (χ4n) is 6.44. The summed E-state index contributed by atoms with van der Waals surface area (Å²) in [5, 5.41) is 16.9. The van der Waals surface area contributed by atoms with Crippen LogP contribution in [-0.4, -0.2) is 24.7 Å². The largest absolute Gasteiger partial charge is 0.478 e. The van der Waals surface area contributed by atoms with E-state index in [9.17, 15) is 18.3 Å². The Morgan fingerprint density at radius 2 is 1.97 bits per heavy atom. The highest BCUT2D eigenvalue weighted by atomic mass is 32.2. The molecule has 0 radical (unpaired) electrons. The van der Waals surface area contributed by atoms with Gasteiger partial charge in [0.05, 0.1) is 16.5 Å². The SMILES string of the molecule is Cc1cc(NS(=O)(=O)c2ccc3c(c2)[C@@H]2[C@H]4CC[C@@H](C4)[C@H]2[C@@H](c2cccc(C(=O)O)c2)N3)no1. The van der Waals surface area contributed by atoms with Crippen molar-refractivity contribution < 1.29 is 22.8 Å². The molecule has 0 unspecified atom stereocenters. The second-order valence-corrected chi connectivity index (χ2v) is 11.3. The fourth-order valence-corrected chi connectivity index (χ4v) is 7.46. The van der Waals surface area contributed by atoms with Gasteiger partial charge in [0.15, 0.2) is 5.82 Å². The minimum Gasteiger partial charge on any atom is -0.478 e. The molecule has 0 amide bonds. The van der Waals surface area contributed by atoms with E-state index in [1.807, 2.05) is 12.1 Å². The van der Waals surface area contributed by atoms with Gasteiger partial charge in [0.2, 0.25) is 0 Å². The van der Waals surface area contributed by atoms with Gasteiger partial charge in [0.1, 0.15) is 5.76 Å². The quantitative estimate of drug-likeness (QED) is 0.481. The Bertz CT molecular complexity index is 1400. The second-order valence-electron chi connectivity index (χ2n) is 9.67. The lowest BCUT2D eigenvalue weighted by Gasteiger charge is -2.43. The van der Waals surface area contributed by atoms with Crippen LogP contribution in [0.1, 0.15) is 58.5 Å². The Labute approximate surface area is 197 Å². The number of hydrogen-bond acceptors (Lipinski definition) is 6. The van der Waals surface area contributed by atoms with Gasteiger partial charge >= 0.3 is 5.97 Å². The van der Waals surface area contributed by atoms with Crippen molar-refractivity contribution in [3.8, 4) is 0 Å². The molecule has 2 heterocycles. The molecule has 6 rings (SSSR count). The molecule has 3 aliphatic rings. The molecule has 34 heavy (non-hydrogen) atoms. The van der Waals surface area contributed by atoms with Crippen LogP contribution in [0.2, 0.25) is 0 Å². The number of aromatic nitrogens is 1. The smallest absolute Gasteiger partial charge is 0.335 e. The third-order valence-corrected chi connectivity index (χ3v) is 9.08. The Hall–Kier alpha value is -3.33. The van der Waals surface area contributed by atoms with Crippen LogP contribution in [0, 0.1) is 24.7 Å². The summed E-state index contributed by atoms with van der Waals surface area (Å²) in [4.78, 5) is 11.8. The summed E-state index contributed by atoms with van der Waals surface area (Å²) < 4.78 is 33.6. The van der Waals surface area contributed by atoms with E-state index in [0.717, 1.165) is 36.1 Å². The van der Waals surface area contributed by atoms with E-state index in [1.165, 1.54) is 0 Å². The molecule has 3 N–H and O–H groups in total. The van der Waals surface area contributed by atoms with Crippen molar-refractivity contribution in [2.24, 2.45) is 17.8 Å². The van der Waals surface area contributed by atoms with Crippen molar-refractivity contribution in [3.05, 3.63) is 71.0 Å². The van der Waals surface area contributed by atoms with Gasteiger partial charge in [0, 0.05) is 11.8 Å². The first-order valence-electron chi connectivity index (χ1n) is 11.5. The van der Waals surface area contributed by atoms with E-state index in [1.54, 1.807) is 43.3 Å². The predicted octanol–water partition coefficient (Wildman–Crippen LogP) is 4.78. The summed E-state index contributed by atoms with van der Waals surface area (Å²) >= 11 is 0. The first kappa shape index (κ1) is 21.2. The maximum absolute atomic E-state index is 13.1. The topological polar surface area (TPSA) is 122 Å². The first-order valence-corrected chi connectivity index (χ1v) is 13.0. The van der Waals surface area contributed by atoms with Crippen molar-refractivity contribution >= 4 is 27.5 Å². The summed E-state index contributed by atoms with van der Waals surface area (Å²) in [6.07, 6.45) is 3.42. The second kappa shape index (κ2) is 7.59. The minimum absolute atomic E-state index is 0.00853. The highest BCUT2D eigenvalue weighted by Gasteiger charge is 2.54. The molecule has 2 bridgehead atoms. The van der Waals surface area contributed by atoms with E-state index in [0.29, 0.717) is 23.5 Å². The number of sulfonamides is 1. The van der Waals surface area contributed by atoms with Crippen LogP contribution >= 0.6 is 0 Å². The summed E-state index contributed by atoms with van der Waals surface area (Å²) in [6.45, 7) is 1.70. The molecule has 5 atom stereocenters. The Morgan fingerprint density at radius 3 is 2.74 bits per heavy atom. The zero-order valence-corrected chi connectivity index (χ0v) is 19.4. The predicted molar refractivity (Wildman–Crippen MR) is 125 cm³/mol. The van der Waals surface area contributed by atoms with Crippen LogP contribution in [0.5, 0.6) is 0 Å². The summed E-state index contributed by atoms with van der Waals surface area (Å²) in [5.74, 6) is 1.31. The molecule has 2 aliphatic carbocycles. The van der Waals surface area contributed by atoms with Crippen molar-refractivity contribution in [2.45, 2.75) is 43.0 Å². The fraction of sp³-hybridized carbons (Fsp3) is 0.360. The lowest BCUT2D eigenvalue weighted by Crippen LogP contribution is -2.35. The average molecular weight is 480 g/mol. The third-order valence-electron chi connectivity index (χ3n) is 7.73. The monoisotopic (exact) mass is 479 g/mol. The number of carbonyl (C=O) groups is 1.